The van der Waals surface area contributed by atoms with Gasteiger partial charge < -0.3 is 20.3 Å². The highest BCUT2D eigenvalue weighted by Crippen LogP contribution is 2.28. The lowest BCUT2D eigenvalue weighted by Crippen LogP contribution is -2.52. The van der Waals surface area contributed by atoms with Crippen LogP contribution >= 0.6 is 0 Å². The molecule has 2 aromatic carbocycles. The Morgan fingerprint density at radius 2 is 1.77 bits per heavy atom. The second kappa shape index (κ2) is 12.1. The smallest absolute Gasteiger partial charge is 0.254 e. The van der Waals surface area contributed by atoms with Gasteiger partial charge in [-0.25, -0.2) is 4.98 Å². The van der Waals surface area contributed by atoms with Gasteiger partial charge in [-0.3, -0.25) is 9.59 Å². The molecule has 2 aromatic heterocycles. The molecule has 1 atom stereocenters. The number of carbonyl (C=O) groups is 2. The number of nitrogens with one attached hydrogen (secondary N) is 2. The van der Waals surface area contributed by atoms with Gasteiger partial charge in [-0.1, -0.05) is 42.5 Å². The van der Waals surface area contributed by atoms with Crippen molar-refractivity contribution in [3.05, 3.63) is 83.3 Å². The number of fused-ring (bicyclic) bond motifs is 1. The molecule has 2 N–H and O–H groups in total. The summed E-state index contributed by atoms with van der Waals surface area (Å²) in [6.45, 7) is 4.94. The first-order valence-corrected chi connectivity index (χ1v) is 13.6. The molecule has 4 aromatic rings. The Hall–Kier alpha value is -4.47. The Bertz CT molecular complexity index is 1460. The van der Waals surface area contributed by atoms with Crippen LogP contribution in [0, 0.1) is 6.92 Å². The number of amides is 2. The summed E-state index contributed by atoms with van der Waals surface area (Å²) < 4.78 is 7.05. The minimum atomic E-state index is -0.654. The Morgan fingerprint density at radius 3 is 2.45 bits per heavy atom. The molecule has 3 heterocycles. The molecule has 5 rings (SSSR count). The Kier molecular flexibility index (Phi) is 8.23. The number of nitrogens with zero attached hydrogens (tertiary/aromatic N) is 5. The van der Waals surface area contributed by atoms with E-state index in [4.69, 9.17) is 9.72 Å². The van der Waals surface area contributed by atoms with E-state index < -0.39 is 6.04 Å². The first-order chi connectivity index (χ1) is 19.4. The molecule has 208 valence electrons. The molecule has 1 aliphatic rings. The molecule has 1 saturated heterocycles. The Balaban J connectivity index is 1.28. The van der Waals surface area contributed by atoms with Gasteiger partial charge in [0, 0.05) is 50.2 Å². The van der Waals surface area contributed by atoms with Crippen LogP contribution in [-0.2, 0) is 22.4 Å². The largest absolute Gasteiger partial charge is 0.497 e. The quantitative estimate of drug-likeness (QED) is 0.335. The van der Waals surface area contributed by atoms with Crippen molar-refractivity contribution in [1.82, 2.24) is 30.2 Å². The van der Waals surface area contributed by atoms with Gasteiger partial charge in [0.05, 0.1) is 7.11 Å². The summed E-state index contributed by atoms with van der Waals surface area (Å²) >= 11 is 0. The zero-order valence-corrected chi connectivity index (χ0v) is 23.1. The highest BCUT2D eigenvalue weighted by atomic mass is 16.5. The number of ether oxygens (including phenoxy) is 1. The molecule has 0 aliphatic carbocycles. The highest BCUT2D eigenvalue weighted by Gasteiger charge is 2.28. The summed E-state index contributed by atoms with van der Waals surface area (Å²) in [5, 5.41) is 10.5. The van der Waals surface area contributed by atoms with Gasteiger partial charge in [-0.2, -0.15) is 14.6 Å². The van der Waals surface area contributed by atoms with Crippen LogP contribution in [0.15, 0.2) is 60.9 Å². The van der Waals surface area contributed by atoms with Crippen molar-refractivity contribution in [3.8, 4) is 5.75 Å². The third kappa shape index (κ3) is 6.22. The van der Waals surface area contributed by atoms with Crippen LogP contribution in [0.25, 0.3) is 5.78 Å². The van der Waals surface area contributed by atoms with Crippen LogP contribution in [-0.4, -0.2) is 63.7 Å². The molecule has 10 heteroatoms. The molecule has 0 bridgehead atoms. The van der Waals surface area contributed by atoms with Gasteiger partial charge in [-0.15, -0.1) is 0 Å². The zero-order valence-electron chi connectivity index (χ0n) is 23.1. The summed E-state index contributed by atoms with van der Waals surface area (Å²) in [5.41, 5.74) is 4.21. The fraction of sp³-hybridized carbons (Fsp3) is 0.367. The number of aromatic nitrogens is 4. The van der Waals surface area contributed by atoms with Crippen LogP contribution in [0.5, 0.6) is 5.75 Å². The van der Waals surface area contributed by atoms with Crippen molar-refractivity contribution in [2.75, 3.05) is 25.1 Å². The molecule has 1 fully saturated rings. The number of hydrogen-bond acceptors (Lipinski definition) is 7. The molecule has 2 amide bonds. The summed E-state index contributed by atoms with van der Waals surface area (Å²) in [5.74, 6) is 1.92. The van der Waals surface area contributed by atoms with Crippen molar-refractivity contribution < 1.29 is 14.3 Å². The topological polar surface area (TPSA) is 114 Å². The molecular weight excluding hydrogens is 506 g/mol. The van der Waals surface area contributed by atoms with Gasteiger partial charge >= 0.3 is 0 Å². The van der Waals surface area contributed by atoms with Crippen molar-refractivity contribution in [1.29, 1.82) is 0 Å². The van der Waals surface area contributed by atoms with Crippen LogP contribution in [0.4, 0.5) is 5.82 Å². The van der Waals surface area contributed by atoms with Crippen LogP contribution in [0.2, 0.25) is 0 Å². The molecule has 0 saturated carbocycles. The molecule has 1 aliphatic heterocycles. The predicted octanol–water partition coefficient (Wildman–Crippen LogP) is 2.86. The molecule has 10 nitrogen and oxygen atoms in total. The minimum Gasteiger partial charge on any atom is -0.497 e. The lowest BCUT2D eigenvalue weighted by molar-refractivity contribution is -0.128. The molecule has 0 radical (unpaired) electrons. The first kappa shape index (κ1) is 27.1. The van der Waals surface area contributed by atoms with E-state index in [1.807, 2.05) is 53.9 Å². The second-order valence-electron chi connectivity index (χ2n) is 10.2. The van der Waals surface area contributed by atoms with E-state index in [2.05, 4.69) is 37.7 Å². The Labute approximate surface area is 233 Å². The van der Waals surface area contributed by atoms with E-state index in [-0.39, 0.29) is 17.9 Å². The molecule has 0 spiro atoms. The summed E-state index contributed by atoms with van der Waals surface area (Å²) in [6, 6.07) is 17.2. The summed E-state index contributed by atoms with van der Waals surface area (Å²) in [7, 11) is 1.61. The number of rotatable bonds is 9. The number of benzene rings is 2. The molecular formula is C30H35N7O3. The van der Waals surface area contributed by atoms with E-state index in [0.717, 1.165) is 60.7 Å². The van der Waals surface area contributed by atoms with Crippen molar-refractivity contribution in [2.45, 2.75) is 51.6 Å². The van der Waals surface area contributed by atoms with E-state index in [1.54, 1.807) is 7.11 Å². The zero-order chi connectivity index (χ0) is 28.1. The van der Waals surface area contributed by atoms with Crippen molar-refractivity contribution in [3.63, 3.8) is 0 Å². The average Bonchev–Trinajstić information content (AvgIpc) is 3.42. The maximum Gasteiger partial charge on any atom is 0.254 e. The normalized spacial score (nSPS) is 14.6. The van der Waals surface area contributed by atoms with Gasteiger partial charge in [0.15, 0.2) is 0 Å². The maximum absolute atomic E-state index is 13.3. The lowest BCUT2D eigenvalue weighted by Gasteiger charge is -2.35. The van der Waals surface area contributed by atoms with E-state index in [0.29, 0.717) is 12.2 Å². The highest BCUT2D eigenvalue weighted by molar-refractivity contribution is 5.87. The lowest BCUT2D eigenvalue weighted by atomic mass is 10.00. The monoisotopic (exact) mass is 541 g/mol. The average molecular weight is 542 g/mol. The third-order valence-corrected chi connectivity index (χ3v) is 7.36. The number of aryl methyl sites for hydroxylation is 1. The van der Waals surface area contributed by atoms with Gasteiger partial charge in [0.25, 0.3) is 5.78 Å². The Morgan fingerprint density at radius 1 is 1.05 bits per heavy atom. The maximum atomic E-state index is 13.3. The van der Waals surface area contributed by atoms with E-state index >= 15 is 0 Å². The first-order valence-electron chi connectivity index (χ1n) is 13.6. The number of anilines is 1. The van der Waals surface area contributed by atoms with Crippen LogP contribution in [0.1, 0.15) is 42.1 Å². The van der Waals surface area contributed by atoms with Gasteiger partial charge in [-0.05, 0) is 43.0 Å². The van der Waals surface area contributed by atoms with Crippen LogP contribution in [0.3, 0.4) is 0 Å². The third-order valence-electron chi connectivity index (χ3n) is 7.36. The number of hydrogen-bond donors (Lipinski definition) is 2. The second-order valence-corrected chi connectivity index (χ2v) is 10.2. The summed E-state index contributed by atoms with van der Waals surface area (Å²) in [4.78, 5) is 36.5. The standard InChI is InChI=1S/C30H35N7O3/c1-20-26(17-22-7-5-4-6-8-22)29(37-30(33-20)31-19-32-37)36-15-13-24(14-16-36)35-28(39)27(34-21(2)38)18-23-9-11-25(40-3)12-10-23/h4-12,19,24,27H,13-18H2,1-3H3,(H,34,38)(H,35,39). The SMILES string of the molecule is COc1ccc(CC(NC(C)=O)C(=O)NC2CCN(c3c(Cc4ccccc4)c(C)nc4ncnn34)CC2)cc1. The van der Waals surface area contributed by atoms with Crippen LogP contribution < -0.4 is 20.3 Å². The van der Waals surface area contributed by atoms with E-state index in [9.17, 15) is 9.59 Å². The van der Waals surface area contributed by atoms with Gasteiger partial charge in [0.1, 0.15) is 23.9 Å². The molecule has 40 heavy (non-hydrogen) atoms. The van der Waals surface area contributed by atoms with E-state index in [1.165, 1.54) is 18.8 Å². The molecule has 1 unspecified atom stereocenters. The van der Waals surface area contributed by atoms with Crippen molar-refractivity contribution >= 4 is 23.4 Å². The summed E-state index contributed by atoms with van der Waals surface area (Å²) in [6.07, 6.45) is 4.21. The van der Waals surface area contributed by atoms with Gasteiger partial charge in [0.2, 0.25) is 11.8 Å². The fourth-order valence-corrected chi connectivity index (χ4v) is 5.29. The number of carbonyl (C=O) groups excluding carboxylic acids is 2. The minimum absolute atomic E-state index is 0.00243. The fourth-order valence-electron chi connectivity index (χ4n) is 5.29. The number of methoxy groups -OCH3 is 1. The number of piperidine rings is 1. The predicted molar refractivity (Wildman–Crippen MR) is 152 cm³/mol. The van der Waals surface area contributed by atoms with Crippen molar-refractivity contribution in [2.24, 2.45) is 0 Å².